The highest BCUT2D eigenvalue weighted by Crippen LogP contribution is 2.45. The number of hydrogen-bond donors (Lipinski definition) is 3. The van der Waals surface area contributed by atoms with Crippen LogP contribution in [0.4, 0.5) is 0 Å². The number of aliphatic hydroxyl groups excluding tert-OH is 1. The third kappa shape index (κ3) is 67.6. The van der Waals surface area contributed by atoms with Crippen LogP contribution in [0.15, 0.2) is 0 Å². The Hall–Kier alpha value is -1.94. The Morgan fingerprint density at radius 2 is 0.505 bits per heavy atom. The molecule has 4 unspecified atom stereocenters. The molecule has 0 saturated carbocycles. The van der Waals surface area contributed by atoms with Gasteiger partial charge in [0.25, 0.3) is 0 Å². The molecule has 7 atom stereocenters. The van der Waals surface area contributed by atoms with Crippen LogP contribution in [0.1, 0.15) is 395 Å². The lowest BCUT2D eigenvalue weighted by Crippen LogP contribution is -2.30. The predicted octanol–water partition coefficient (Wildman–Crippen LogP) is 22.3. The molecule has 0 heterocycles. The fourth-order valence-corrected chi connectivity index (χ4v) is 13.2. The molecule has 0 radical (unpaired) electrons. The van der Waals surface area contributed by atoms with Crippen molar-refractivity contribution in [2.45, 2.75) is 413 Å². The maximum Gasteiger partial charge on any atom is 0.472 e. The van der Waals surface area contributed by atoms with Gasteiger partial charge in [0, 0.05) is 25.7 Å². The second-order valence-corrected chi connectivity index (χ2v) is 30.8. The Balaban J connectivity index is 5.17. The van der Waals surface area contributed by atoms with Gasteiger partial charge in [-0.2, -0.15) is 0 Å². The van der Waals surface area contributed by atoms with Crippen molar-refractivity contribution in [1.29, 1.82) is 0 Å². The second-order valence-electron chi connectivity index (χ2n) is 27.9. The number of carbonyl (C=O) groups is 4. The van der Waals surface area contributed by atoms with Gasteiger partial charge >= 0.3 is 39.5 Å². The monoisotopic (exact) mass is 1400 g/mol. The fraction of sp³-hybridized carbons (Fsp3) is 0.947. The number of hydrogen-bond acceptors (Lipinski definition) is 15. The minimum atomic E-state index is -4.96. The van der Waals surface area contributed by atoms with E-state index in [2.05, 4.69) is 41.5 Å². The van der Waals surface area contributed by atoms with Crippen molar-refractivity contribution in [3.63, 3.8) is 0 Å². The summed E-state index contributed by atoms with van der Waals surface area (Å²) in [6.07, 6.45) is 55.8. The van der Waals surface area contributed by atoms with Crippen LogP contribution in [0.2, 0.25) is 0 Å². The molecule has 0 fully saturated rings. The summed E-state index contributed by atoms with van der Waals surface area (Å²) >= 11 is 0. The van der Waals surface area contributed by atoms with Gasteiger partial charge in [0.05, 0.1) is 26.4 Å². The highest BCUT2D eigenvalue weighted by molar-refractivity contribution is 7.47. The highest BCUT2D eigenvalue weighted by atomic mass is 31.2. The molecule has 0 aromatic rings. The van der Waals surface area contributed by atoms with Gasteiger partial charge in [-0.05, 0) is 37.5 Å². The summed E-state index contributed by atoms with van der Waals surface area (Å²) in [5, 5.41) is 10.6. The molecule has 0 aromatic carbocycles. The van der Waals surface area contributed by atoms with Gasteiger partial charge in [0.2, 0.25) is 0 Å². The van der Waals surface area contributed by atoms with Crippen molar-refractivity contribution < 1.29 is 80.2 Å². The zero-order valence-electron chi connectivity index (χ0n) is 62.0. The third-order valence-corrected chi connectivity index (χ3v) is 20.3. The first-order valence-electron chi connectivity index (χ1n) is 39.6. The van der Waals surface area contributed by atoms with Crippen molar-refractivity contribution in [2.75, 3.05) is 39.6 Å². The number of esters is 4. The Morgan fingerprint density at radius 3 is 0.747 bits per heavy atom. The first kappa shape index (κ1) is 93.1. The molecule has 0 aliphatic heterocycles. The largest absolute Gasteiger partial charge is 0.472 e. The van der Waals surface area contributed by atoms with Gasteiger partial charge in [-0.25, -0.2) is 9.13 Å². The highest BCUT2D eigenvalue weighted by Gasteiger charge is 2.30. The quantitative estimate of drug-likeness (QED) is 0.0222. The van der Waals surface area contributed by atoms with E-state index in [0.29, 0.717) is 25.7 Å². The standard InChI is InChI=1S/C76H148O17P2/c1-7-11-13-15-17-18-19-20-21-22-23-24-25-26-31-34-37-41-48-54-60-75(80)92-71(65-87-74(79)59-53-47-40-36-33-30-28-27-29-32-35-39-44-50-56-68(5)9-3)66-90-94(82,83)88-62-70(77)63-89-95(84,85)91-67-72(64-86-73(78)58-52-46-38-16-14-12-8-2)93-76(81)61-55-49-43-42-45-51-57-69(6)10-4/h68-72,77H,7-67H2,1-6H3,(H,82,83)(H,84,85)/t68?,69?,70-,71-,72-/m1/s1. The van der Waals surface area contributed by atoms with E-state index in [-0.39, 0.29) is 25.7 Å². The van der Waals surface area contributed by atoms with Crippen LogP contribution >= 0.6 is 15.6 Å². The number of unbranched alkanes of at least 4 members (excludes halogenated alkanes) is 43. The summed E-state index contributed by atoms with van der Waals surface area (Å²) in [4.78, 5) is 72.6. The Morgan fingerprint density at radius 1 is 0.295 bits per heavy atom. The summed E-state index contributed by atoms with van der Waals surface area (Å²) in [5.41, 5.74) is 0. The summed E-state index contributed by atoms with van der Waals surface area (Å²) in [6.45, 7) is 9.55. The molecule has 0 aromatic heterocycles. The number of rotatable bonds is 75. The smallest absolute Gasteiger partial charge is 0.462 e. The average Bonchev–Trinajstić information content (AvgIpc) is 2.22. The molecule has 0 spiro atoms. The third-order valence-electron chi connectivity index (χ3n) is 18.4. The topological polar surface area (TPSA) is 237 Å². The van der Waals surface area contributed by atoms with Crippen LogP contribution in [-0.2, 0) is 65.4 Å². The molecule has 564 valence electrons. The summed E-state index contributed by atoms with van der Waals surface area (Å²) in [5.74, 6) is -0.554. The molecule has 3 N–H and O–H groups in total. The molecular weight excluding hydrogens is 1250 g/mol. The first-order chi connectivity index (χ1) is 45.9. The van der Waals surface area contributed by atoms with Crippen LogP contribution in [-0.4, -0.2) is 96.7 Å². The zero-order chi connectivity index (χ0) is 70.0. The second kappa shape index (κ2) is 67.9. The maximum absolute atomic E-state index is 13.1. The average molecular weight is 1400 g/mol. The van der Waals surface area contributed by atoms with Crippen molar-refractivity contribution in [1.82, 2.24) is 0 Å². The lowest BCUT2D eigenvalue weighted by Gasteiger charge is -2.21. The van der Waals surface area contributed by atoms with Gasteiger partial charge in [-0.15, -0.1) is 0 Å². The van der Waals surface area contributed by atoms with Gasteiger partial charge in [-0.3, -0.25) is 37.3 Å². The molecule has 0 saturated heterocycles. The van der Waals surface area contributed by atoms with E-state index in [9.17, 15) is 43.2 Å². The predicted molar refractivity (Wildman–Crippen MR) is 386 cm³/mol. The summed E-state index contributed by atoms with van der Waals surface area (Å²) < 4.78 is 68.4. The van der Waals surface area contributed by atoms with E-state index in [1.54, 1.807) is 0 Å². The molecular formula is C76H148O17P2. The van der Waals surface area contributed by atoms with Gasteiger partial charge < -0.3 is 33.8 Å². The molecule has 95 heavy (non-hydrogen) atoms. The minimum absolute atomic E-state index is 0.103. The molecule has 17 nitrogen and oxygen atoms in total. The Labute approximate surface area is 581 Å². The van der Waals surface area contributed by atoms with Gasteiger partial charge in [0.15, 0.2) is 12.2 Å². The van der Waals surface area contributed by atoms with Gasteiger partial charge in [-0.1, -0.05) is 343 Å². The summed E-state index contributed by atoms with van der Waals surface area (Å²) in [6, 6.07) is 0. The molecule has 0 amide bonds. The van der Waals surface area contributed by atoms with Crippen molar-refractivity contribution in [3.8, 4) is 0 Å². The van der Waals surface area contributed by atoms with E-state index >= 15 is 0 Å². The molecule has 0 aliphatic rings. The number of phosphoric ester groups is 2. The SMILES string of the molecule is CCCCCCCCCCCCCCCCCCCCCCC(=O)O[C@H](COC(=O)CCCCCCCCCCCCCCCCC(C)CC)COP(=O)(O)OC[C@@H](O)COP(=O)(O)OC[C@@H](COC(=O)CCCCCCCCC)OC(=O)CCCCCCCCC(C)CC. The van der Waals surface area contributed by atoms with Crippen LogP contribution in [0.3, 0.4) is 0 Å². The van der Waals surface area contributed by atoms with Crippen LogP contribution < -0.4 is 0 Å². The van der Waals surface area contributed by atoms with Crippen molar-refractivity contribution in [2.24, 2.45) is 11.8 Å². The van der Waals surface area contributed by atoms with Crippen molar-refractivity contribution >= 4 is 39.5 Å². The maximum atomic E-state index is 13.1. The number of ether oxygens (including phenoxy) is 4. The lowest BCUT2D eigenvalue weighted by atomic mass is 9.99. The molecule has 0 bridgehead atoms. The zero-order valence-corrected chi connectivity index (χ0v) is 63.8. The fourth-order valence-electron chi connectivity index (χ4n) is 11.6. The normalized spacial score (nSPS) is 14.6. The van der Waals surface area contributed by atoms with E-state index < -0.39 is 97.5 Å². The van der Waals surface area contributed by atoms with Crippen LogP contribution in [0.25, 0.3) is 0 Å². The van der Waals surface area contributed by atoms with E-state index in [1.807, 2.05) is 0 Å². The Bertz CT molecular complexity index is 1840. The van der Waals surface area contributed by atoms with Gasteiger partial charge in [0.1, 0.15) is 19.3 Å². The van der Waals surface area contributed by atoms with E-state index in [4.69, 9.17) is 37.0 Å². The Kier molecular flexibility index (Phi) is 66.5. The van der Waals surface area contributed by atoms with E-state index in [1.165, 1.54) is 199 Å². The minimum Gasteiger partial charge on any atom is -0.462 e. The van der Waals surface area contributed by atoms with Crippen LogP contribution in [0.5, 0.6) is 0 Å². The van der Waals surface area contributed by atoms with Crippen LogP contribution in [0, 0.1) is 11.8 Å². The first-order valence-corrected chi connectivity index (χ1v) is 42.6. The molecule has 0 rings (SSSR count). The molecule has 0 aliphatic carbocycles. The summed E-state index contributed by atoms with van der Waals surface area (Å²) in [7, 11) is -9.90. The molecule has 19 heteroatoms. The number of carbonyl (C=O) groups excluding carboxylic acids is 4. The van der Waals surface area contributed by atoms with E-state index in [0.717, 1.165) is 115 Å². The van der Waals surface area contributed by atoms with Crippen molar-refractivity contribution in [3.05, 3.63) is 0 Å². The number of phosphoric acid groups is 2. The number of aliphatic hydroxyl groups is 1. The lowest BCUT2D eigenvalue weighted by molar-refractivity contribution is -0.161.